The number of carbonyl (C=O) groups is 2. The van der Waals surface area contributed by atoms with Gasteiger partial charge in [0.15, 0.2) is 0 Å². The van der Waals surface area contributed by atoms with Gasteiger partial charge in [0.05, 0.1) is 0 Å². The Morgan fingerprint density at radius 3 is 2.84 bits per heavy atom. The van der Waals surface area contributed by atoms with Crippen molar-refractivity contribution in [1.29, 1.82) is 0 Å². The number of alkyl halides is 2. The summed E-state index contributed by atoms with van der Waals surface area (Å²) in [4.78, 5) is 37.1. The molecule has 0 aliphatic carbocycles. The molecule has 0 radical (unpaired) electrons. The number of urea groups is 1. The van der Waals surface area contributed by atoms with Crippen molar-refractivity contribution in [2.24, 2.45) is 0 Å². The van der Waals surface area contributed by atoms with Crippen LogP contribution >= 0.6 is 0 Å². The third-order valence-electron chi connectivity index (χ3n) is 4.01. The van der Waals surface area contributed by atoms with E-state index < -0.39 is 6.03 Å². The summed E-state index contributed by atoms with van der Waals surface area (Å²) in [6.07, 6.45) is 4.57. The van der Waals surface area contributed by atoms with E-state index in [-0.39, 0.29) is 45.6 Å². The summed E-state index contributed by atoms with van der Waals surface area (Å²) in [5, 5.41) is 5.44. The van der Waals surface area contributed by atoms with Crippen LogP contribution in [0.3, 0.4) is 0 Å². The number of carbonyl (C=O) groups excluding carboxylic acids is 2. The molecular formula is C17H26IN4O3-. The van der Waals surface area contributed by atoms with Gasteiger partial charge in [0.2, 0.25) is 0 Å². The summed E-state index contributed by atoms with van der Waals surface area (Å²) in [5.41, 5.74) is 0.561. The molecule has 0 bridgehead atoms. The van der Waals surface area contributed by atoms with Gasteiger partial charge in [-0.2, -0.15) is 0 Å². The Morgan fingerprint density at radius 2 is 2.08 bits per heavy atom. The molecule has 1 fully saturated rings. The number of pyridine rings is 1. The average molecular weight is 461 g/mol. The Kier molecular flexibility index (Phi) is 8.39. The van der Waals surface area contributed by atoms with Gasteiger partial charge in [0, 0.05) is 0 Å². The maximum atomic E-state index is 12.6. The number of aromatic nitrogens is 1. The van der Waals surface area contributed by atoms with Gasteiger partial charge in [0.25, 0.3) is 0 Å². The van der Waals surface area contributed by atoms with Crippen molar-refractivity contribution in [2.75, 3.05) is 29.0 Å². The first kappa shape index (κ1) is 19.9. The maximum absolute atomic E-state index is 12.6. The van der Waals surface area contributed by atoms with Crippen molar-refractivity contribution < 1.29 is 30.8 Å². The van der Waals surface area contributed by atoms with Crippen molar-refractivity contribution in [3.05, 3.63) is 34.2 Å². The van der Waals surface area contributed by atoms with Crippen LogP contribution in [-0.2, 0) is 17.9 Å². The second-order valence-electron chi connectivity index (χ2n) is 5.93. The third-order valence-corrected chi connectivity index (χ3v) is 6.78. The normalized spacial score (nSPS) is 14.8. The third kappa shape index (κ3) is 6.43. The van der Waals surface area contributed by atoms with Gasteiger partial charge in [-0.3, -0.25) is 0 Å². The Bertz CT molecular complexity index is 647. The molecule has 1 aliphatic heterocycles. The molecule has 140 valence electrons. The van der Waals surface area contributed by atoms with Gasteiger partial charge < -0.3 is 0 Å². The molecule has 0 atom stereocenters. The molecule has 0 spiro atoms. The predicted molar refractivity (Wildman–Crippen MR) is 92.2 cm³/mol. The van der Waals surface area contributed by atoms with Gasteiger partial charge in [-0.1, -0.05) is 0 Å². The van der Waals surface area contributed by atoms with Crippen molar-refractivity contribution >= 4 is 11.9 Å². The van der Waals surface area contributed by atoms with E-state index in [1.54, 1.807) is 10.6 Å². The van der Waals surface area contributed by atoms with Gasteiger partial charge in [-0.15, -0.1) is 0 Å². The first-order valence-corrected chi connectivity index (χ1v) is 11.6. The van der Waals surface area contributed by atoms with Crippen LogP contribution in [0.15, 0.2) is 23.1 Å². The number of rotatable bonds is 10. The van der Waals surface area contributed by atoms with E-state index in [0.29, 0.717) is 12.1 Å². The van der Waals surface area contributed by atoms with Crippen LogP contribution in [0, 0.1) is 0 Å². The Balaban J connectivity index is 1.84. The summed E-state index contributed by atoms with van der Waals surface area (Å²) >= 11 is 0.129. The van der Waals surface area contributed by atoms with Crippen LogP contribution in [0.4, 0.5) is 4.79 Å². The monoisotopic (exact) mass is 461 g/mol. The van der Waals surface area contributed by atoms with Gasteiger partial charge in [0.1, 0.15) is 0 Å². The zero-order valence-corrected chi connectivity index (χ0v) is 16.8. The standard InChI is InChI=1S/C17H26IN4O3/c1-19-9-3-2-7-18-8-12-21-10-4-5-14(16(21)24)13-22-11-6-15(23)20-17(22)25/h4-5,10,19H,2-3,6-9,11-13H2,1H3,(H,20,23,25)/q-1. The van der Waals surface area contributed by atoms with Crippen LogP contribution in [-0.4, -0.2) is 50.4 Å². The summed E-state index contributed by atoms with van der Waals surface area (Å²) in [6.45, 7) is 2.42. The summed E-state index contributed by atoms with van der Waals surface area (Å²) < 4.78 is 4.12. The van der Waals surface area contributed by atoms with Gasteiger partial charge in [-0.05, 0) is 0 Å². The Hall–Kier alpha value is -1.42. The van der Waals surface area contributed by atoms with E-state index in [0.717, 1.165) is 17.5 Å². The number of amides is 3. The fraction of sp³-hybridized carbons (Fsp3) is 0.588. The zero-order valence-electron chi connectivity index (χ0n) is 14.6. The first-order chi connectivity index (χ1) is 12.1. The minimum absolute atomic E-state index is 0.0357. The molecule has 0 saturated carbocycles. The molecular weight excluding hydrogens is 435 g/mol. The Labute approximate surface area is 158 Å². The number of halogens is 1. The molecule has 1 aromatic heterocycles. The SMILES string of the molecule is CNCCCC[I-]CCn1cccc(CN2CCC(=O)NC2=O)c1=O. The first-order valence-electron chi connectivity index (χ1n) is 8.57. The van der Waals surface area contributed by atoms with Crippen LogP contribution in [0.1, 0.15) is 24.8 Å². The quantitative estimate of drug-likeness (QED) is 0.227. The number of nitrogens with one attached hydrogen (secondary N) is 2. The molecule has 3 amide bonds. The van der Waals surface area contributed by atoms with Gasteiger partial charge in [-0.25, -0.2) is 0 Å². The number of hydrogen-bond donors (Lipinski definition) is 2. The van der Waals surface area contributed by atoms with E-state index >= 15 is 0 Å². The predicted octanol–water partition coefficient (Wildman–Crippen LogP) is -2.62. The molecule has 2 N–H and O–H groups in total. The van der Waals surface area contributed by atoms with Crippen LogP contribution in [0.25, 0.3) is 0 Å². The van der Waals surface area contributed by atoms with Crippen LogP contribution in [0.2, 0.25) is 0 Å². The molecule has 1 aromatic rings. The van der Waals surface area contributed by atoms with Gasteiger partial charge >= 0.3 is 158 Å². The minimum atomic E-state index is -0.418. The van der Waals surface area contributed by atoms with E-state index in [9.17, 15) is 14.4 Å². The topological polar surface area (TPSA) is 83.4 Å². The second kappa shape index (κ2) is 10.5. The molecule has 7 nitrogen and oxygen atoms in total. The number of nitrogens with zero attached hydrogens (tertiary/aromatic N) is 2. The molecule has 25 heavy (non-hydrogen) atoms. The van der Waals surface area contributed by atoms with Crippen LogP contribution < -0.4 is 37.4 Å². The van der Waals surface area contributed by atoms with E-state index in [1.807, 2.05) is 19.3 Å². The fourth-order valence-electron chi connectivity index (χ4n) is 2.57. The molecule has 0 aromatic carbocycles. The Morgan fingerprint density at radius 1 is 1.24 bits per heavy atom. The molecule has 2 heterocycles. The van der Waals surface area contributed by atoms with Crippen molar-refractivity contribution in [2.45, 2.75) is 32.4 Å². The molecule has 1 aliphatic rings. The summed E-state index contributed by atoms with van der Waals surface area (Å²) in [7, 11) is 1.97. The van der Waals surface area contributed by atoms with E-state index in [4.69, 9.17) is 0 Å². The molecule has 1 saturated heterocycles. The van der Waals surface area contributed by atoms with Crippen molar-refractivity contribution in [1.82, 2.24) is 20.1 Å². The summed E-state index contributed by atoms with van der Waals surface area (Å²) in [6, 6.07) is 3.20. The molecule has 0 unspecified atom stereocenters. The van der Waals surface area contributed by atoms with Crippen molar-refractivity contribution in [3.8, 4) is 0 Å². The number of hydrogen-bond acceptors (Lipinski definition) is 4. The number of unbranched alkanes of at least 4 members (excludes halogenated alkanes) is 1. The molecule has 2 rings (SSSR count). The van der Waals surface area contributed by atoms with Crippen LogP contribution in [0.5, 0.6) is 0 Å². The van der Waals surface area contributed by atoms with E-state index in [2.05, 4.69) is 10.6 Å². The number of imide groups is 1. The number of aryl methyl sites for hydroxylation is 1. The summed E-state index contributed by atoms with van der Waals surface area (Å²) in [5.74, 6) is -0.259. The fourth-order valence-corrected chi connectivity index (χ4v) is 5.05. The zero-order chi connectivity index (χ0) is 18.1. The van der Waals surface area contributed by atoms with Crippen molar-refractivity contribution in [3.63, 3.8) is 0 Å². The second-order valence-corrected chi connectivity index (χ2v) is 9.17. The average Bonchev–Trinajstić information content (AvgIpc) is 2.59. The van der Waals surface area contributed by atoms with E-state index in [1.165, 1.54) is 22.2 Å². The molecule has 8 heteroatoms.